The largest absolute Gasteiger partial charge is 0.361 e. The molecule has 0 saturated carbocycles. The summed E-state index contributed by atoms with van der Waals surface area (Å²) in [6.07, 6.45) is 0. The molecule has 1 aromatic heterocycles. The highest BCUT2D eigenvalue weighted by molar-refractivity contribution is 5.94. The Kier molecular flexibility index (Phi) is 4.41. The van der Waals surface area contributed by atoms with Crippen LogP contribution in [0.2, 0.25) is 0 Å². The van der Waals surface area contributed by atoms with Gasteiger partial charge in [0.15, 0.2) is 11.6 Å². The number of piperazine rings is 1. The van der Waals surface area contributed by atoms with Gasteiger partial charge in [0.1, 0.15) is 0 Å². The fourth-order valence-electron chi connectivity index (χ4n) is 2.63. The minimum Gasteiger partial charge on any atom is -0.361 e. The Morgan fingerprint density at radius 3 is 2.22 bits per heavy atom. The van der Waals surface area contributed by atoms with Gasteiger partial charge in [-0.25, -0.2) is 0 Å². The first-order valence-electron chi connectivity index (χ1n) is 7.75. The zero-order valence-corrected chi connectivity index (χ0v) is 13.5. The molecule has 1 aliphatic rings. The predicted octanol–water partition coefficient (Wildman–Crippen LogP) is 1.50. The fourth-order valence-corrected chi connectivity index (χ4v) is 2.63. The van der Waals surface area contributed by atoms with E-state index in [0.29, 0.717) is 13.1 Å². The first-order chi connectivity index (χ1) is 11.1. The first-order valence-corrected chi connectivity index (χ1v) is 7.75. The number of hydrogen-bond donors (Lipinski definition) is 0. The molecule has 0 radical (unpaired) electrons. The van der Waals surface area contributed by atoms with Gasteiger partial charge in [0.05, 0.1) is 0 Å². The number of hydrogen-bond acceptors (Lipinski definition) is 5. The number of amides is 1. The third-order valence-electron chi connectivity index (χ3n) is 4.01. The van der Waals surface area contributed by atoms with E-state index in [0.717, 1.165) is 30.3 Å². The topological polar surface area (TPSA) is 52.6 Å². The van der Waals surface area contributed by atoms with Gasteiger partial charge in [-0.15, -0.1) is 10.2 Å². The fraction of sp³-hybridized carbons (Fsp3) is 0.353. The summed E-state index contributed by atoms with van der Waals surface area (Å²) in [5.74, 6) is 1.80. The predicted molar refractivity (Wildman–Crippen MR) is 90.9 cm³/mol. The van der Waals surface area contributed by atoms with Gasteiger partial charge < -0.3 is 14.7 Å². The maximum atomic E-state index is 12.4. The van der Waals surface area contributed by atoms with E-state index >= 15 is 0 Å². The Hall–Kier alpha value is -2.63. The Bertz CT molecular complexity index is 648. The van der Waals surface area contributed by atoms with Crippen LogP contribution in [0, 0.1) is 0 Å². The molecule has 0 aliphatic carbocycles. The quantitative estimate of drug-likeness (QED) is 0.860. The third kappa shape index (κ3) is 3.41. The van der Waals surface area contributed by atoms with E-state index < -0.39 is 0 Å². The Labute approximate surface area is 136 Å². The van der Waals surface area contributed by atoms with Crippen molar-refractivity contribution >= 4 is 17.5 Å². The molecule has 6 nitrogen and oxygen atoms in total. The molecule has 2 aromatic rings. The van der Waals surface area contributed by atoms with Crippen LogP contribution < -0.4 is 9.80 Å². The molecule has 0 spiro atoms. The second kappa shape index (κ2) is 6.64. The molecule has 1 aromatic carbocycles. The van der Waals surface area contributed by atoms with Crippen LogP contribution in [0.25, 0.3) is 0 Å². The normalized spacial score (nSPS) is 14.7. The maximum Gasteiger partial charge on any atom is 0.253 e. The summed E-state index contributed by atoms with van der Waals surface area (Å²) in [6, 6.07) is 13.4. The van der Waals surface area contributed by atoms with Gasteiger partial charge in [-0.2, -0.15) is 0 Å². The van der Waals surface area contributed by atoms with Crippen molar-refractivity contribution in [2.24, 2.45) is 0 Å². The van der Waals surface area contributed by atoms with Crippen LogP contribution in [0.4, 0.5) is 11.6 Å². The summed E-state index contributed by atoms with van der Waals surface area (Å²) in [5, 5.41) is 8.49. The molecular weight excluding hydrogens is 290 g/mol. The average Bonchev–Trinajstić information content (AvgIpc) is 2.62. The second-order valence-corrected chi connectivity index (χ2v) is 5.79. The van der Waals surface area contributed by atoms with Gasteiger partial charge in [0.2, 0.25) is 0 Å². The van der Waals surface area contributed by atoms with E-state index in [9.17, 15) is 4.79 Å². The summed E-state index contributed by atoms with van der Waals surface area (Å²) in [5.41, 5.74) is 0.746. The molecule has 0 bridgehead atoms. The molecule has 2 heterocycles. The number of nitrogens with zero attached hydrogens (tertiary/aromatic N) is 5. The summed E-state index contributed by atoms with van der Waals surface area (Å²) >= 11 is 0. The van der Waals surface area contributed by atoms with Crippen molar-refractivity contribution in [1.82, 2.24) is 15.1 Å². The van der Waals surface area contributed by atoms with Crippen LogP contribution >= 0.6 is 0 Å². The first kappa shape index (κ1) is 15.3. The number of anilines is 2. The van der Waals surface area contributed by atoms with Gasteiger partial charge in [-0.3, -0.25) is 4.79 Å². The van der Waals surface area contributed by atoms with Crippen molar-refractivity contribution in [1.29, 1.82) is 0 Å². The van der Waals surface area contributed by atoms with Crippen molar-refractivity contribution in [3.63, 3.8) is 0 Å². The minimum atomic E-state index is 0.0966. The van der Waals surface area contributed by atoms with Gasteiger partial charge in [0, 0.05) is 45.8 Å². The van der Waals surface area contributed by atoms with E-state index in [-0.39, 0.29) is 5.91 Å². The standard InChI is InChI=1S/C17H21N5O/c1-20(2)15-8-9-16(19-18-15)21-10-12-22(13-11-21)17(23)14-6-4-3-5-7-14/h3-9H,10-13H2,1-2H3. The molecule has 0 atom stereocenters. The van der Waals surface area contributed by atoms with Crippen LogP contribution in [-0.4, -0.2) is 61.3 Å². The van der Waals surface area contributed by atoms with Crippen molar-refractivity contribution in [3.05, 3.63) is 48.0 Å². The Morgan fingerprint density at radius 2 is 1.65 bits per heavy atom. The van der Waals surface area contributed by atoms with Crippen LogP contribution in [-0.2, 0) is 0 Å². The van der Waals surface area contributed by atoms with Gasteiger partial charge >= 0.3 is 0 Å². The summed E-state index contributed by atoms with van der Waals surface area (Å²) in [4.78, 5) is 18.4. The summed E-state index contributed by atoms with van der Waals surface area (Å²) in [7, 11) is 3.88. The van der Waals surface area contributed by atoms with Crippen LogP contribution in [0.15, 0.2) is 42.5 Å². The van der Waals surface area contributed by atoms with Crippen LogP contribution in [0.1, 0.15) is 10.4 Å². The van der Waals surface area contributed by atoms with Crippen molar-refractivity contribution in [3.8, 4) is 0 Å². The zero-order chi connectivity index (χ0) is 16.2. The van der Waals surface area contributed by atoms with Crippen LogP contribution in [0.3, 0.4) is 0 Å². The number of benzene rings is 1. The number of carbonyl (C=O) groups excluding carboxylic acids is 1. The number of rotatable bonds is 3. The molecule has 0 N–H and O–H groups in total. The lowest BCUT2D eigenvalue weighted by atomic mass is 10.2. The van der Waals surface area contributed by atoms with Gasteiger partial charge in [-0.05, 0) is 24.3 Å². The highest BCUT2D eigenvalue weighted by atomic mass is 16.2. The number of carbonyl (C=O) groups is 1. The highest BCUT2D eigenvalue weighted by Gasteiger charge is 2.22. The lowest BCUT2D eigenvalue weighted by Gasteiger charge is -2.35. The molecule has 1 aliphatic heterocycles. The van der Waals surface area contributed by atoms with E-state index in [2.05, 4.69) is 15.1 Å². The molecule has 120 valence electrons. The zero-order valence-electron chi connectivity index (χ0n) is 13.5. The van der Waals surface area contributed by atoms with Crippen molar-refractivity contribution < 1.29 is 4.79 Å². The minimum absolute atomic E-state index is 0.0966. The molecule has 6 heteroatoms. The van der Waals surface area contributed by atoms with Gasteiger partial charge in [-0.1, -0.05) is 18.2 Å². The second-order valence-electron chi connectivity index (χ2n) is 5.79. The molecule has 1 saturated heterocycles. The van der Waals surface area contributed by atoms with Crippen molar-refractivity contribution in [2.45, 2.75) is 0 Å². The summed E-state index contributed by atoms with van der Waals surface area (Å²) < 4.78 is 0. The smallest absolute Gasteiger partial charge is 0.253 e. The molecule has 1 fully saturated rings. The third-order valence-corrected chi connectivity index (χ3v) is 4.01. The lowest BCUT2D eigenvalue weighted by Crippen LogP contribution is -2.49. The van der Waals surface area contributed by atoms with E-state index in [1.807, 2.05) is 66.4 Å². The Morgan fingerprint density at radius 1 is 0.957 bits per heavy atom. The Balaban J connectivity index is 1.61. The van der Waals surface area contributed by atoms with E-state index in [4.69, 9.17) is 0 Å². The molecule has 0 unspecified atom stereocenters. The number of aromatic nitrogens is 2. The summed E-state index contributed by atoms with van der Waals surface area (Å²) in [6.45, 7) is 2.94. The SMILES string of the molecule is CN(C)c1ccc(N2CCN(C(=O)c3ccccc3)CC2)nn1. The lowest BCUT2D eigenvalue weighted by molar-refractivity contribution is 0.0746. The molecule has 3 rings (SSSR count). The average molecular weight is 311 g/mol. The van der Waals surface area contributed by atoms with Crippen molar-refractivity contribution in [2.75, 3.05) is 50.1 Å². The highest BCUT2D eigenvalue weighted by Crippen LogP contribution is 2.16. The van der Waals surface area contributed by atoms with Crippen LogP contribution in [0.5, 0.6) is 0 Å². The van der Waals surface area contributed by atoms with E-state index in [1.165, 1.54) is 0 Å². The maximum absolute atomic E-state index is 12.4. The monoisotopic (exact) mass is 311 g/mol. The molecule has 23 heavy (non-hydrogen) atoms. The molecular formula is C17H21N5O. The van der Waals surface area contributed by atoms with Gasteiger partial charge in [0.25, 0.3) is 5.91 Å². The van der Waals surface area contributed by atoms with E-state index in [1.54, 1.807) is 0 Å². The molecule has 1 amide bonds.